The zero-order valence-corrected chi connectivity index (χ0v) is 14.0. The minimum atomic E-state index is 0.242. The first-order valence-electron chi connectivity index (χ1n) is 8.15. The van der Waals surface area contributed by atoms with Crippen LogP contribution in [0.15, 0.2) is 24.3 Å². The van der Waals surface area contributed by atoms with Gasteiger partial charge in [0.2, 0.25) is 0 Å². The molecular weight excluding hydrogens is 260 g/mol. The topological polar surface area (TPSA) is 24.5 Å². The Kier molecular flexibility index (Phi) is 5.51. The molecule has 0 bridgehead atoms. The van der Waals surface area contributed by atoms with Crippen LogP contribution in [0.4, 0.5) is 5.69 Å². The summed E-state index contributed by atoms with van der Waals surface area (Å²) >= 11 is 0. The second-order valence-electron chi connectivity index (χ2n) is 7.28. The van der Waals surface area contributed by atoms with Gasteiger partial charge in [0, 0.05) is 19.6 Å². The molecule has 0 spiro atoms. The van der Waals surface area contributed by atoms with Gasteiger partial charge in [0.15, 0.2) is 0 Å². The maximum atomic E-state index is 5.85. The van der Waals surface area contributed by atoms with Crippen molar-refractivity contribution in [3.8, 4) is 5.75 Å². The third-order valence-corrected chi connectivity index (χ3v) is 3.81. The highest BCUT2D eigenvalue weighted by atomic mass is 16.5. The number of rotatable bonds is 6. The minimum absolute atomic E-state index is 0.242. The van der Waals surface area contributed by atoms with Crippen molar-refractivity contribution in [2.45, 2.75) is 34.1 Å². The predicted molar refractivity (Wildman–Crippen MR) is 90.3 cm³/mol. The van der Waals surface area contributed by atoms with Crippen LogP contribution in [0.25, 0.3) is 0 Å². The van der Waals surface area contributed by atoms with Crippen LogP contribution in [-0.2, 0) is 0 Å². The highest BCUT2D eigenvalue weighted by Gasteiger charge is 2.24. The molecule has 3 nitrogen and oxygen atoms in total. The summed E-state index contributed by atoms with van der Waals surface area (Å²) in [6, 6.07) is 8.41. The number of hydrogen-bond acceptors (Lipinski definition) is 3. The third kappa shape index (κ3) is 4.92. The Hall–Kier alpha value is -1.22. The molecule has 0 radical (unpaired) electrons. The Morgan fingerprint density at radius 2 is 2.05 bits per heavy atom. The van der Waals surface area contributed by atoms with Gasteiger partial charge in [0.25, 0.3) is 0 Å². The van der Waals surface area contributed by atoms with Crippen molar-refractivity contribution in [1.82, 2.24) is 5.32 Å². The van der Waals surface area contributed by atoms with Crippen molar-refractivity contribution >= 4 is 5.69 Å². The average molecular weight is 290 g/mol. The normalized spacial score (nSPS) is 15.6. The van der Waals surface area contributed by atoms with E-state index in [2.05, 4.69) is 62.2 Å². The van der Waals surface area contributed by atoms with E-state index < -0.39 is 0 Å². The summed E-state index contributed by atoms with van der Waals surface area (Å²) in [7, 11) is 0. The summed E-state index contributed by atoms with van der Waals surface area (Å²) in [4.78, 5) is 2.49. The Balaban J connectivity index is 2.00. The molecule has 3 heteroatoms. The van der Waals surface area contributed by atoms with E-state index in [1.54, 1.807) is 0 Å². The number of benzene rings is 1. The molecule has 0 aliphatic carbocycles. The van der Waals surface area contributed by atoms with Gasteiger partial charge >= 0.3 is 0 Å². The number of anilines is 1. The van der Waals surface area contributed by atoms with Crippen LogP contribution < -0.4 is 15.0 Å². The lowest BCUT2D eigenvalue weighted by Gasteiger charge is -2.34. The van der Waals surface area contributed by atoms with Gasteiger partial charge in [-0.1, -0.05) is 39.8 Å². The lowest BCUT2D eigenvalue weighted by molar-refractivity contribution is 0.318. The molecule has 0 atom stereocenters. The average Bonchev–Trinajstić information content (AvgIpc) is 2.60. The third-order valence-electron chi connectivity index (χ3n) is 3.81. The molecule has 1 aliphatic rings. The maximum absolute atomic E-state index is 5.85. The molecule has 118 valence electrons. The first kappa shape index (κ1) is 16.2. The van der Waals surface area contributed by atoms with E-state index >= 15 is 0 Å². The van der Waals surface area contributed by atoms with Crippen LogP contribution >= 0.6 is 0 Å². The summed E-state index contributed by atoms with van der Waals surface area (Å²) in [5, 5.41) is 3.60. The number of nitrogens with one attached hydrogen (secondary N) is 1. The van der Waals surface area contributed by atoms with E-state index in [0.29, 0.717) is 5.92 Å². The summed E-state index contributed by atoms with van der Waals surface area (Å²) in [6.45, 7) is 14.3. The largest absolute Gasteiger partial charge is 0.491 e. The van der Waals surface area contributed by atoms with Crippen molar-refractivity contribution < 1.29 is 4.74 Å². The zero-order valence-electron chi connectivity index (χ0n) is 14.0. The van der Waals surface area contributed by atoms with Crippen LogP contribution in [0, 0.1) is 11.3 Å². The zero-order chi connectivity index (χ0) is 15.3. The van der Waals surface area contributed by atoms with Crippen molar-refractivity contribution in [2.24, 2.45) is 11.3 Å². The van der Waals surface area contributed by atoms with E-state index in [1.807, 2.05) is 0 Å². The minimum Gasteiger partial charge on any atom is -0.491 e. The molecular formula is C18H30N2O. The second kappa shape index (κ2) is 7.17. The SMILES string of the molecule is CC(C)CNCC(C)(C)CN1CCCOc2ccccc21. The fourth-order valence-corrected chi connectivity index (χ4v) is 2.83. The summed E-state index contributed by atoms with van der Waals surface area (Å²) in [5.41, 5.74) is 1.48. The molecule has 0 fully saturated rings. The molecule has 0 saturated carbocycles. The fourth-order valence-electron chi connectivity index (χ4n) is 2.83. The second-order valence-corrected chi connectivity index (χ2v) is 7.28. The molecule has 0 amide bonds. The van der Waals surface area contributed by atoms with E-state index in [4.69, 9.17) is 4.74 Å². The molecule has 1 aliphatic heterocycles. The van der Waals surface area contributed by atoms with Crippen molar-refractivity contribution in [3.05, 3.63) is 24.3 Å². The van der Waals surface area contributed by atoms with Crippen LogP contribution in [0.2, 0.25) is 0 Å². The first-order valence-corrected chi connectivity index (χ1v) is 8.15. The van der Waals surface area contributed by atoms with Gasteiger partial charge in [-0.3, -0.25) is 0 Å². The van der Waals surface area contributed by atoms with E-state index in [-0.39, 0.29) is 5.41 Å². The predicted octanol–water partition coefficient (Wildman–Crippen LogP) is 3.55. The summed E-state index contributed by atoms with van der Waals surface area (Å²) < 4.78 is 5.85. The molecule has 0 aromatic heterocycles. The molecule has 1 N–H and O–H groups in total. The van der Waals surface area contributed by atoms with Crippen molar-refractivity contribution in [1.29, 1.82) is 0 Å². The lowest BCUT2D eigenvalue weighted by atomic mass is 9.92. The molecule has 0 saturated heterocycles. The Morgan fingerprint density at radius 1 is 1.29 bits per heavy atom. The Bertz CT molecular complexity index is 443. The summed E-state index contributed by atoms with van der Waals surface area (Å²) in [5.74, 6) is 1.73. The number of hydrogen-bond donors (Lipinski definition) is 1. The maximum Gasteiger partial charge on any atom is 0.142 e. The van der Waals surface area contributed by atoms with E-state index in [9.17, 15) is 0 Å². The van der Waals surface area contributed by atoms with Gasteiger partial charge in [0.05, 0.1) is 12.3 Å². The number of ether oxygens (including phenoxy) is 1. The van der Waals surface area contributed by atoms with Gasteiger partial charge in [-0.25, -0.2) is 0 Å². The monoisotopic (exact) mass is 290 g/mol. The molecule has 0 unspecified atom stereocenters. The standard InChI is InChI=1S/C18H30N2O/c1-15(2)12-19-13-18(3,4)14-20-10-7-11-21-17-9-6-5-8-16(17)20/h5-6,8-9,15,19H,7,10-14H2,1-4H3. The van der Waals surface area contributed by atoms with E-state index in [1.165, 1.54) is 5.69 Å². The van der Waals surface area contributed by atoms with Crippen LogP contribution in [0.3, 0.4) is 0 Å². The van der Waals surface area contributed by atoms with Gasteiger partial charge in [-0.2, -0.15) is 0 Å². The van der Waals surface area contributed by atoms with Crippen LogP contribution in [-0.4, -0.2) is 32.8 Å². The van der Waals surface area contributed by atoms with Crippen LogP contribution in [0.1, 0.15) is 34.1 Å². The molecule has 2 rings (SSSR count). The highest BCUT2D eigenvalue weighted by molar-refractivity contribution is 5.59. The number of fused-ring (bicyclic) bond motifs is 1. The van der Waals surface area contributed by atoms with Crippen molar-refractivity contribution in [2.75, 3.05) is 37.7 Å². The van der Waals surface area contributed by atoms with Crippen molar-refractivity contribution in [3.63, 3.8) is 0 Å². The Morgan fingerprint density at radius 3 is 2.81 bits per heavy atom. The molecule has 1 heterocycles. The van der Waals surface area contributed by atoms with E-state index in [0.717, 1.165) is 45.0 Å². The number of para-hydroxylation sites is 2. The molecule has 1 aromatic carbocycles. The molecule has 21 heavy (non-hydrogen) atoms. The number of nitrogens with zero attached hydrogens (tertiary/aromatic N) is 1. The smallest absolute Gasteiger partial charge is 0.142 e. The van der Waals surface area contributed by atoms with Crippen LogP contribution in [0.5, 0.6) is 5.75 Å². The van der Waals surface area contributed by atoms with Gasteiger partial charge < -0.3 is 15.0 Å². The fraction of sp³-hybridized carbons (Fsp3) is 0.667. The lowest BCUT2D eigenvalue weighted by Crippen LogP contribution is -2.41. The van der Waals surface area contributed by atoms with Gasteiger partial charge in [0.1, 0.15) is 5.75 Å². The van der Waals surface area contributed by atoms with Gasteiger partial charge in [-0.05, 0) is 36.4 Å². The summed E-state index contributed by atoms with van der Waals surface area (Å²) in [6.07, 6.45) is 1.09. The quantitative estimate of drug-likeness (QED) is 0.867. The Labute approximate surface area is 129 Å². The van der Waals surface area contributed by atoms with Gasteiger partial charge in [-0.15, -0.1) is 0 Å². The molecule has 1 aromatic rings. The highest BCUT2D eigenvalue weighted by Crippen LogP contribution is 2.32. The first-order chi connectivity index (χ1) is 9.98.